The average Bonchev–Trinajstić information content (AvgIpc) is 3.81. The van der Waals surface area contributed by atoms with E-state index in [1.54, 1.807) is 0 Å². The Kier molecular flexibility index (Phi) is 7.14. The Morgan fingerprint density at radius 1 is 0.345 bits per heavy atom. The standard InChI is InChI=1S/C55H35NO2/c1-2-17-39(18-3-1)56(41-20-13-16-38(34-41)42-24-14-30-52-54(42)45-23-6-10-28-50(45)57-52)40-19-12-15-36(33-40)37-31-32-49-53(35-37)58-51-29-11-9-27-48(51)55(49)46-25-7-4-21-43(46)44-22-5-8-26-47(44)55/h1-35H. The zero-order valence-electron chi connectivity index (χ0n) is 31.5. The van der Waals surface area contributed by atoms with Gasteiger partial charge < -0.3 is 14.1 Å². The van der Waals surface area contributed by atoms with Crippen LogP contribution in [0.4, 0.5) is 17.1 Å². The molecule has 1 aliphatic carbocycles. The first-order valence-corrected chi connectivity index (χ1v) is 19.8. The molecule has 2 heterocycles. The molecule has 0 saturated carbocycles. The molecule has 2 aliphatic rings. The Balaban J connectivity index is 0.994. The first-order valence-electron chi connectivity index (χ1n) is 19.8. The molecule has 10 aromatic rings. The zero-order chi connectivity index (χ0) is 38.2. The average molecular weight is 742 g/mol. The first kappa shape index (κ1) is 32.6. The molecule has 1 aliphatic heterocycles. The van der Waals surface area contributed by atoms with Crippen molar-refractivity contribution in [2.75, 3.05) is 4.90 Å². The van der Waals surface area contributed by atoms with Crippen LogP contribution in [0.15, 0.2) is 217 Å². The number of hydrogen-bond acceptors (Lipinski definition) is 3. The lowest BCUT2D eigenvalue weighted by atomic mass is 9.66. The van der Waals surface area contributed by atoms with Crippen LogP contribution in [0.2, 0.25) is 0 Å². The van der Waals surface area contributed by atoms with Gasteiger partial charge in [-0.25, -0.2) is 0 Å². The minimum absolute atomic E-state index is 0.486. The van der Waals surface area contributed by atoms with E-state index in [0.29, 0.717) is 0 Å². The van der Waals surface area contributed by atoms with Gasteiger partial charge in [0.15, 0.2) is 0 Å². The highest BCUT2D eigenvalue weighted by Gasteiger charge is 2.50. The van der Waals surface area contributed by atoms with Gasteiger partial charge in [0.25, 0.3) is 0 Å². The summed E-state index contributed by atoms with van der Waals surface area (Å²) in [5.74, 6) is 1.77. The van der Waals surface area contributed by atoms with Gasteiger partial charge in [-0.15, -0.1) is 0 Å². The van der Waals surface area contributed by atoms with Crippen molar-refractivity contribution in [2.24, 2.45) is 0 Å². The molecule has 3 heteroatoms. The molecule has 0 radical (unpaired) electrons. The molecular formula is C55H35NO2. The largest absolute Gasteiger partial charge is 0.457 e. The summed E-state index contributed by atoms with van der Waals surface area (Å²) in [6, 6.07) is 76.0. The molecule has 0 unspecified atom stereocenters. The van der Waals surface area contributed by atoms with Gasteiger partial charge >= 0.3 is 0 Å². The van der Waals surface area contributed by atoms with Crippen LogP contribution >= 0.6 is 0 Å². The fourth-order valence-corrected chi connectivity index (χ4v) is 9.72. The van der Waals surface area contributed by atoms with Crippen molar-refractivity contribution >= 4 is 39.0 Å². The normalized spacial score (nSPS) is 13.1. The summed E-state index contributed by atoms with van der Waals surface area (Å²) in [6.45, 7) is 0. The summed E-state index contributed by atoms with van der Waals surface area (Å²) < 4.78 is 13.1. The van der Waals surface area contributed by atoms with E-state index in [9.17, 15) is 0 Å². The van der Waals surface area contributed by atoms with Gasteiger partial charge in [0.1, 0.15) is 22.7 Å². The number of rotatable bonds is 5. The van der Waals surface area contributed by atoms with E-state index in [1.165, 1.54) is 27.8 Å². The number of furan rings is 1. The fourth-order valence-electron chi connectivity index (χ4n) is 9.72. The molecule has 0 N–H and O–H groups in total. The summed E-state index contributed by atoms with van der Waals surface area (Å²) in [6.07, 6.45) is 0. The van der Waals surface area contributed by atoms with Crippen molar-refractivity contribution in [1.82, 2.24) is 0 Å². The summed E-state index contributed by atoms with van der Waals surface area (Å²) in [5, 5.41) is 2.25. The first-order chi connectivity index (χ1) is 28.8. The number of anilines is 3. The third kappa shape index (κ3) is 4.74. The zero-order valence-corrected chi connectivity index (χ0v) is 31.5. The van der Waals surface area contributed by atoms with Crippen molar-refractivity contribution in [3.8, 4) is 44.9 Å². The summed E-state index contributed by atoms with van der Waals surface area (Å²) in [5.41, 5.74) is 16.4. The predicted octanol–water partition coefficient (Wildman–Crippen LogP) is 14.9. The summed E-state index contributed by atoms with van der Waals surface area (Å²) >= 11 is 0. The molecule has 0 saturated heterocycles. The topological polar surface area (TPSA) is 25.6 Å². The second-order valence-electron chi connectivity index (χ2n) is 15.2. The van der Waals surface area contributed by atoms with E-state index in [4.69, 9.17) is 9.15 Å². The van der Waals surface area contributed by atoms with E-state index >= 15 is 0 Å². The van der Waals surface area contributed by atoms with E-state index in [0.717, 1.165) is 78.3 Å². The lowest BCUT2D eigenvalue weighted by molar-refractivity contribution is 0.436. The van der Waals surface area contributed by atoms with Gasteiger partial charge in [-0.2, -0.15) is 0 Å². The maximum absolute atomic E-state index is 6.86. The number of benzene rings is 9. The van der Waals surface area contributed by atoms with Gasteiger partial charge in [0, 0.05) is 39.0 Å². The second-order valence-corrected chi connectivity index (χ2v) is 15.2. The van der Waals surface area contributed by atoms with Crippen LogP contribution in [0, 0.1) is 0 Å². The fraction of sp³-hybridized carbons (Fsp3) is 0.0182. The third-order valence-corrected chi connectivity index (χ3v) is 12.1. The van der Waals surface area contributed by atoms with Crippen LogP contribution in [0.3, 0.4) is 0 Å². The molecule has 0 fully saturated rings. The van der Waals surface area contributed by atoms with Gasteiger partial charge in [-0.1, -0.05) is 152 Å². The van der Waals surface area contributed by atoms with E-state index in [1.807, 2.05) is 12.1 Å². The van der Waals surface area contributed by atoms with Crippen LogP contribution in [0.5, 0.6) is 11.5 Å². The number of para-hydroxylation sites is 3. The molecule has 1 aromatic heterocycles. The highest BCUT2D eigenvalue weighted by atomic mass is 16.5. The molecule has 0 bridgehead atoms. The Hall–Kier alpha value is -7.62. The minimum atomic E-state index is -0.486. The summed E-state index contributed by atoms with van der Waals surface area (Å²) in [7, 11) is 0. The van der Waals surface area contributed by atoms with Gasteiger partial charge in [-0.05, 0) is 105 Å². The number of fused-ring (bicyclic) bond motifs is 12. The number of nitrogens with zero attached hydrogens (tertiary/aromatic N) is 1. The van der Waals surface area contributed by atoms with Crippen LogP contribution in [-0.2, 0) is 5.41 Å². The highest BCUT2D eigenvalue weighted by Crippen LogP contribution is 2.62. The Labute approximate surface area is 336 Å². The van der Waals surface area contributed by atoms with E-state index in [2.05, 4.69) is 205 Å². The SMILES string of the molecule is c1ccc(N(c2cccc(-c3ccc4c(c3)Oc3ccccc3C43c4ccccc4-c4ccccc43)c2)c2cccc(-c3cccc4oc5ccccc5c34)c2)cc1. The maximum Gasteiger partial charge on any atom is 0.136 e. The third-order valence-electron chi connectivity index (χ3n) is 12.1. The van der Waals surface area contributed by atoms with Crippen molar-refractivity contribution < 1.29 is 9.15 Å². The lowest BCUT2D eigenvalue weighted by Gasteiger charge is -2.39. The van der Waals surface area contributed by atoms with Gasteiger partial charge in [0.05, 0.1) is 5.41 Å². The maximum atomic E-state index is 6.86. The van der Waals surface area contributed by atoms with Crippen molar-refractivity contribution in [2.45, 2.75) is 5.41 Å². The molecule has 9 aromatic carbocycles. The van der Waals surface area contributed by atoms with E-state index < -0.39 is 5.41 Å². The molecule has 272 valence electrons. The molecular weight excluding hydrogens is 707 g/mol. The molecule has 0 atom stereocenters. The van der Waals surface area contributed by atoms with Crippen molar-refractivity contribution in [3.63, 3.8) is 0 Å². The van der Waals surface area contributed by atoms with Crippen LogP contribution in [0.25, 0.3) is 55.3 Å². The molecule has 3 nitrogen and oxygen atoms in total. The molecule has 12 rings (SSSR count). The Morgan fingerprint density at radius 3 is 1.69 bits per heavy atom. The Bertz CT molecular complexity index is 3190. The monoisotopic (exact) mass is 741 g/mol. The number of hydrogen-bond donors (Lipinski definition) is 0. The predicted molar refractivity (Wildman–Crippen MR) is 237 cm³/mol. The molecule has 1 spiro atoms. The van der Waals surface area contributed by atoms with E-state index in [-0.39, 0.29) is 0 Å². The quantitative estimate of drug-likeness (QED) is 0.176. The minimum Gasteiger partial charge on any atom is -0.457 e. The van der Waals surface area contributed by atoms with Crippen LogP contribution < -0.4 is 9.64 Å². The molecule has 58 heavy (non-hydrogen) atoms. The number of ether oxygens (including phenoxy) is 1. The smallest absolute Gasteiger partial charge is 0.136 e. The van der Waals surface area contributed by atoms with Gasteiger partial charge in [0.2, 0.25) is 0 Å². The van der Waals surface area contributed by atoms with Crippen LogP contribution in [-0.4, -0.2) is 0 Å². The van der Waals surface area contributed by atoms with Crippen LogP contribution in [0.1, 0.15) is 22.3 Å². The molecule has 0 amide bonds. The van der Waals surface area contributed by atoms with Gasteiger partial charge in [-0.3, -0.25) is 0 Å². The Morgan fingerprint density at radius 2 is 0.897 bits per heavy atom. The second kappa shape index (κ2) is 12.7. The summed E-state index contributed by atoms with van der Waals surface area (Å²) in [4.78, 5) is 2.34. The lowest BCUT2D eigenvalue weighted by Crippen LogP contribution is -2.32. The van der Waals surface area contributed by atoms with Crippen molar-refractivity contribution in [1.29, 1.82) is 0 Å². The van der Waals surface area contributed by atoms with Crippen molar-refractivity contribution in [3.05, 3.63) is 235 Å². The highest BCUT2D eigenvalue weighted by molar-refractivity contribution is 6.12.